The van der Waals surface area contributed by atoms with Crippen LogP contribution in [0, 0.1) is 5.92 Å². The third-order valence-corrected chi connectivity index (χ3v) is 6.14. The summed E-state index contributed by atoms with van der Waals surface area (Å²) in [5.74, 6) is 0.603. The number of likely N-dealkylation sites (N-methyl/N-ethyl adjacent to an activating group) is 1. The van der Waals surface area contributed by atoms with Gasteiger partial charge in [-0.25, -0.2) is 0 Å². The lowest BCUT2D eigenvalue weighted by Crippen LogP contribution is -2.27. The van der Waals surface area contributed by atoms with E-state index in [4.69, 9.17) is 0 Å². The number of aromatic amines is 1. The average molecular weight is 394 g/mol. The number of amides is 1. The number of aromatic nitrogens is 3. The molecule has 4 rings (SSSR count). The minimum atomic E-state index is -0.0921. The van der Waals surface area contributed by atoms with E-state index >= 15 is 0 Å². The quantitative estimate of drug-likeness (QED) is 0.636. The molecule has 0 saturated heterocycles. The molecule has 2 N–H and O–H groups in total. The summed E-state index contributed by atoms with van der Waals surface area (Å²) >= 11 is 0. The second kappa shape index (κ2) is 8.41. The Balaban J connectivity index is 1.50. The van der Waals surface area contributed by atoms with E-state index in [0.29, 0.717) is 11.5 Å². The minimum Gasteiger partial charge on any atom is -0.358 e. The molecule has 6 nitrogen and oxygen atoms in total. The van der Waals surface area contributed by atoms with Gasteiger partial charge in [0.15, 0.2) is 0 Å². The van der Waals surface area contributed by atoms with E-state index < -0.39 is 0 Å². The number of benzene rings is 1. The third-order valence-electron chi connectivity index (χ3n) is 6.14. The summed E-state index contributed by atoms with van der Waals surface area (Å²) in [6.07, 6.45) is 6.98. The van der Waals surface area contributed by atoms with E-state index in [9.17, 15) is 4.79 Å². The minimum absolute atomic E-state index is 0.0921. The highest BCUT2D eigenvalue weighted by Crippen LogP contribution is 2.33. The van der Waals surface area contributed by atoms with E-state index in [0.717, 1.165) is 50.2 Å². The van der Waals surface area contributed by atoms with Gasteiger partial charge in [0.25, 0.3) is 5.91 Å². The number of anilines is 1. The third kappa shape index (κ3) is 4.08. The summed E-state index contributed by atoms with van der Waals surface area (Å²) in [4.78, 5) is 18.9. The summed E-state index contributed by atoms with van der Waals surface area (Å²) in [6, 6.07) is 6.01. The molecule has 0 fully saturated rings. The number of carbonyl (C=O) groups is 1. The summed E-state index contributed by atoms with van der Waals surface area (Å²) in [5, 5.41) is 8.60. The number of hydrogen-bond donors (Lipinski definition) is 2. The van der Waals surface area contributed by atoms with Crippen molar-refractivity contribution in [2.24, 2.45) is 5.92 Å². The van der Waals surface area contributed by atoms with Gasteiger partial charge in [0, 0.05) is 23.8 Å². The first kappa shape index (κ1) is 19.7. The molecule has 0 spiro atoms. The van der Waals surface area contributed by atoms with E-state index in [1.54, 1.807) is 6.20 Å². The Kier molecular flexibility index (Phi) is 5.72. The predicted molar refractivity (Wildman–Crippen MR) is 117 cm³/mol. The van der Waals surface area contributed by atoms with E-state index in [1.165, 1.54) is 23.1 Å². The van der Waals surface area contributed by atoms with Crippen molar-refractivity contribution >= 4 is 22.5 Å². The lowest BCUT2D eigenvalue weighted by atomic mass is 9.87. The van der Waals surface area contributed by atoms with Gasteiger partial charge in [-0.3, -0.25) is 9.48 Å². The highest BCUT2D eigenvalue weighted by molar-refractivity contribution is 6.12. The fourth-order valence-electron chi connectivity index (χ4n) is 4.34. The first-order valence-electron chi connectivity index (χ1n) is 10.8. The Morgan fingerprint density at radius 3 is 2.97 bits per heavy atom. The van der Waals surface area contributed by atoms with Gasteiger partial charge in [-0.1, -0.05) is 32.9 Å². The van der Waals surface area contributed by atoms with Gasteiger partial charge in [0.2, 0.25) is 0 Å². The number of H-pyrrole nitrogens is 1. The maximum atomic E-state index is 13.0. The number of hydrogen-bond acceptors (Lipinski definition) is 3. The van der Waals surface area contributed by atoms with E-state index in [2.05, 4.69) is 47.1 Å². The number of nitrogens with one attached hydrogen (secondary N) is 2. The number of rotatable bonds is 7. The summed E-state index contributed by atoms with van der Waals surface area (Å²) < 4.78 is 1.89. The highest BCUT2D eigenvalue weighted by atomic mass is 16.1. The molecule has 1 aromatic carbocycles. The van der Waals surface area contributed by atoms with Crippen LogP contribution in [0.15, 0.2) is 30.6 Å². The highest BCUT2D eigenvalue weighted by Gasteiger charge is 2.22. The number of aryl methyl sites for hydroxylation is 1. The molecule has 0 saturated carbocycles. The lowest BCUT2D eigenvalue weighted by molar-refractivity contribution is 0.102. The van der Waals surface area contributed by atoms with Crippen molar-refractivity contribution in [1.82, 2.24) is 19.7 Å². The fourth-order valence-corrected chi connectivity index (χ4v) is 4.34. The van der Waals surface area contributed by atoms with E-state index in [-0.39, 0.29) is 5.91 Å². The van der Waals surface area contributed by atoms with Crippen LogP contribution in [0.1, 0.15) is 48.8 Å². The maximum absolute atomic E-state index is 13.0. The molecular formula is C23H31N5O. The molecule has 29 heavy (non-hydrogen) atoms. The monoisotopic (exact) mass is 393 g/mol. The molecule has 2 heterocycles. The van der Waals surface area contributed by atoms with Gasteiger partial charge >= 0.3 is 0 Å². The Hall–Kier alpha value is -2.60. The molecule has 6 heteroatoms. The molecule has 1 aliphatic rings. The molecule has 1 aliphatic carbocycles. The van der Waals surface area contributed by atoms with Crippen LogP contribution in [0.3, 0.4) is 0 Å². The van der Waals surface area contributed by atoms with Gasteiger partial charge in [-0.2, -0.15) is 5.10 Å². The van der Waals surface area contributed by atoms with Crippen LogP contribution in [-0.2, 0) is 19.4 Å². The van der Waals surface area contributed by atoms with Gasteiger partial charge < -0.3 is 15.2 Å². The first-order valence-corrected chi connectivity index (χ1v) is 10.8. The summed E-state index contributed by atoms with van der Waals surface area (Å²) in [7, 11) is 0. The van der Waals surface area contributed by atoms with Gasteiger partial charge in [0.1, 0.15) is 0 Å². The maximum Gasteiger partial charge on any atom is 0.257 e. The second-order valence-corrected chi connectivity index (χ2v) is 8.13. The summed E-state index contributed by atoms with van der Waals surface area (Å²) in [6.45, 7) is 10.5. The molecule has 154 valence electrons. The average Bonchev–Trinajstić information content (AvgIpc) is 3.32. The summed E-state index contributed by atoms with van der Waals surface area (Å²) in [5.41, 5.74) is 5.06. The molecule has 1 atom stereocenters. The van der Waals surface area contributed by atoms with Crippen molar-refractivity contribution in [3.05, 3.63) is 47.4 Å². The van der Waals surface area contributed by atoms with Crippen LogP contribution < -0.4 is 5.32 Å². The van der Waals surface area contributed by atoms with Crippen LogP contribution in [0.4, 0.5) is 5.69 Å². The Morgan fingerprint density at radius 1 is 1.34 bits per heavy atom. The van der Waals surface area contributed by atoms with Crippen LogP contribution in [0.2, 0.25) is 0 Å². The number of para-hydroxylation sites is 1. The predicted octanol–water partition coefficient (Wildman–Crippen LogP) is 4.08. The molecular weight excluding hydrogens is 362 g/mol. The Labute approximate surface area is 172 Å². The molecule has 3 aromatic rings. The van der Waals surface area contributed by atoms with Crippen molar-refractivity contribution in [2.45, 2.75) is 46.6 Å². The normalized spacial score (nSPS) is 16.3. The van der Waals surface area contributed by atoms with Crippen molar-refractivity contribution in [2.75, 3.05) is 25.0 Å². The molecule has 0 radical (unpaired) electrons. The standard InChI is InChI=1S/C23H31N5O/c1-4-27(5-2)11-12-28-15-17(14-24-28)25-23(29)19-8-6-7-18-20-13-16(3)9-10-21(20)26-22(18)19/h6-8,14-16,26H,4-5,9-13H2,1-3H3,(H,25,29). The topological polar surface area (TPSA) is 65.9 Å². The zero-order valence-electron chi connectivity index (χ0n) is 17.7. The smallest absolute Gasteiger partial charge is 0.257 e. The molecule has 1 amide bonds. The molecule has 0 aliphatic heterocycles. The Bertz CT molecular complexity index is 998. The fraction of sp³-hybridized carbons (Fsp3) is 0.478. The van der Waals surface area contributed by atoms with Gasteiger partial charge in [-0.15, -0.1) is 0 Å². The molecule has 2 aromatic heterocycles. The molecule has 1 unspecified atom stereocenters. The van der Waals surface area contributed by atoms with E-state index in [1.807, 2.05) is 23.0 Å². The van der Waals surface area contributed by atoms with Crippen molar-refractivity contribution < 1.29 is 4.79 Å². The van der Waals surface area contributed by atoms with Crippen LogP contribution in [-0.4, -0.2) is 45.2 Å². The zero-order valence-corrected chi connectivity index (χ0v) is 17.7. The van der Waals surface area contributed by atoms with Gasteiger partial charge in [0.05, 0.1) is 29.5 Å². The molecule has 0 bridgehead atoms. The number of carbonyl (C=O) groups excluding carboxylic acids is 1. The van der Waals surface area contributed by atoms with Crippen LogP contribution >= 0.6 is 0 Å². The van der Waals surface area contributed by atoms with Gasteiger partial charge in [-0.05, 0) is 49.9 Å². The lowest BCUT2D eigenvalue weighted by Gasteiger charge is -2.17. The van der Waals surface area contributed by atoms with Crippen molar-refractivity contribution in [1.29, 1.82) is 0 Å². The van der Waals surface area contributed by atoms with Crippen molar-refractivity contribution in [3.8, 4) is 0 Å². The second-order valence-electron chi connectivity index (χ2n) is 8.13. The SMILES string of the molecule is CCN(CC)CCn1cc(NC(=O)c2cccc3c4c([nH]c23)CCC(C)C4)cn1. The van der Waals surface area contributed by atoms with Crippen LogP contribution in [0.25, 0.3) is 10.9 Å². The van der Waals surface area contributed by atoms with Crippen molar-refractivity contribution in [3.63, 3.8) is 0 Å². The van der Waals surface area contributed by atoms with Crippen LogP contribution in [0.5, 0.6) is 0 Å². The largest absolute Gasteiger partial charge is 0.358 e. The Morgan fingerprint density at radius 2 is 2.17 bits per heavy atom. The zero-order chi connectivity index (χ0) is 20.4. The number of nitrogens with zero attached hydrogens (tertiary/aromatic N) is 3. The number of fused-ring (bicyclic) bond motifs is 3. The first-order chi connectivity index (χ1) is 14.1.